The predicted octanol–water partition coefficient (Wildman–Crippen LogP) is 2.11. The molecule has 21 heavy (non-hydrogen) atoms. The lowest BCUT2D eigenvalue weighted by molar-refractivity contribution is -0.121. The smallest absolute Gasteiger partial charge is 0.242 e. The van der Waals surface area contributed by atoms with Crippen LogP contribution >= 0.6 is 0 Å². The van der Waals surface area contributed by atoms with E-state index in [0.29, 0.717) is 17.9 Å². The number of halogens is 1. The number of para-hydroxylation sites is 1. The van der Waals surface area contributed by atoms with Gasteiger partial charge in [0.1, 0.15) is 17.5 Å². The molecule has 0 aliphatic rings. The Balaban J connectivity index is 2.05. The van der Waals surface area contributed by atoms with Gasteiger partial charge in [0.2, 0.25) is 5.91 Å². The first-order valence-electron chi connectivity index (χ1n) is 6.56. The van der Waals surface area contributed by atoms with Crippen LogP contribution in [0, 0.1) is 5.82 Å². The SMILES string of the molecule is C=CCNC(=O)C(C)Nc1cnn(-c2ccccc2F)c1. The van der Waals surface area contributed by atoms with E-state index in [2.05, 4.69) is 22.3 Å². The molecule has 1 aromatic heterocycles. The molecule has 6 heteroatoms. The van der Waals surface area contributed by atoms with Gasteiger partial charge in [-0.15, -0.1) is 6.58 Å². The molecule has 1 unspecified atom stereocenters. The van der Waals surface area contributed by atoms with Crippen LogP contribution in [0.3, 0.4) is 0 Å². The highest BCUT2D eigenvalue weighted by Gasteiger charge is 2.13. The molecule has 1 aromatic carbocycles. The van der Waals surface area contributed by atoms with Gasteiger partial charge >= 0.3 is 0 Å². The first-order chi connectivity index (χ1) is 10.1. The maximum atomic E-state index is 13.7. The van der Waals surface area contributed by atoms with Crippen LogP contribution in [0.15, 0.2) is 49.3 Å². The standard InChI is InChI=1S/C15H17FN4O/c1-3-8-17-15(21)11(2)19-12-9-18-20(10-12)14-7-5-4-6-13(14)16/h3-7,9-11,19H,1,8H2,2H3,(H,17,21). The highest BCUT2D eigenvalue weighted by molar-refractivity contribution is 5.84. The quantitative estimate of drug-likeness (QED) is 0.800. The molecule has 0 radical (unpaired) electrons. The van der Waals surface area contributed by atoms with Gasteiger partial charge in [0.05, 0.1) is 18.1 Å². The molecule has 0 spiro atoms. The third kappa shape index (κ3) is 3.68. The van der Waals surface area contributed by atoms with Crippen LogP contribution in [0.25, 0.3) is 5.69 Å². The summed E-state index contributed by atoms with van der Waals surface area (Å²) in [7, 11) is 0. The summed E-state index contributed by atoms with van der Waals surface area (Å²) >= 11 is 0. The second kappa shape index (κ2) is 6.69. The molecule has 2 rings (SSSR count). The number of carbonyl (C=O) groups is 1. The van der Waals surface area contributed by atoms with E-state index < -0.39 is 6.04 Å². The Morgan fingerprint density at radius 2 is 2.29 bits per heavy atom. The van der Waals surface area contributed by atoms with Crippen molar-refractivity contribution in [2.24, 2.45) is 0 Å². The van der Waals surface area contributed by atoms with Crippen molar-refractivity contribution in [2.45, 2.75) is 13.0 Å². The first kappa shape index (κ1) is 14.8. The largest absolute Gasteiger partial charge is 0.371 e. The molecular formula is C15H17FN4O. The lowest BCUT2D eigenvalue weighted by Gasteiger charge is -2.12. The Bertz CT molecular complexity index is 638. The summed E-state index contributed by atoms with van der Waals surface area (Å²) < 4.78 is 15.1. The van der Waals surface area contributed by atoms with Crippen LogP contribution in [-0.2, 0) is 4.79 Å². The second-order valence-electron chi connectivity index (χ2n) is 4.52. The van der Waals surface area contributed by atoms with Crippen LogP contribution < -0.4 is 10.6 Å². The molecule has 2 aromatic rings. The molecule has 1 atom stereocenters. The second-order valence-corrected chi connectivity index (χ2v) is 4.52. The zero-order chi connectivity index (χ0) is 15.2. The lowest BCUT2D eigenvalue weighted by Crippen LogP contribution is -2.37. The molecule has 0 saturated carbocycles. The van der Waals surface area contributed by atoms with Crippen LogP contribution in [0.1, 0.15) is 6.92 Å². The molecule has 0 aliphatic heterocycles. The Labute approximate surface area is 122 Å². The minimum atomic E-state index is -0.428. The molecule has 110 valence electrons. The van der Waals surface area contributed by atoms with Gasteiger partial charge in [0.25, 0.3) is 0 Å². The zero-order valence-electron chi connectivity index (χ0n) is 11.7. The van der Waals surface area contributed by atoms with E-state index in [1.165, 1.54) is 10.7 Å². The summed E-state index contributed by atoms with van der Waals surface area (Å²) in [6, 6.07) is 5.93. The van der Waals surface area contributed by atoms with Crippen LogP contribution in [0.4, 0.5) is 10.1 Å². The Morgan fingerprint density at radius 1 is 1.52 bits per heavy atom. The summed E-state index contributed by atoms with van der Waals surface area (Å²) in [5.41, 5.74) is 0.994. The van der Waals surface area contributed by atoms with Crippen molar-refractivity contribution in [3.63, 3.8) is 0 Å². The summed E-state index contributed by atoms with van der Waals surface area (Å²) in [4.78, 5) is 11.7. The van der Waals surface area contributed by atoms with Crippen molar-refractivity contribution in [3.8, 4) is 5.69 Å². The van der Waals surface area contributed by atoms with E-state index in [1.807, 2.05) is 0 Å². The number of benzene rings is 1. The molecule has 0 fully saturated rings. The van der Waals surface area contributed by atoms with Gasteiger partial charge in [-0.1, -0.05) is 18.2 Å². The van der Waals surface area contributed by atoms with Gasteiger partial charge in [0.15, 0.2) is 0 Å². The van der Waals surface area contributed by atoms with Crippen LogP contribution in [0.2, 0.25) is 0 Å². The normalized spacial score (nSPS) is 11.7. The number of hydrogen-bond donors (Lipinski definition) is 2. The van der Waals surface area contributed by atoms with E-state index in [1.54, 1.807) is 43.6 Å². The third-order valence-electron chi connectivity index (χ3n) is 2.88. The lowest BCUT2D eigenvalue weighted by atomic mass is 10.3. The molecule has 2 N–H and O–H groups in total. The Kier molecular flexibility index (Phi) is 4.71. The minimum absolute atomic E-state index is 0.145. The van der Waals surface area contributed by atoms with Crippen molar-refractivity contribution in [2.75, 3.05) is 11.9 Å². The molecular weight excluding hydrogens is 271 g/mol. The Hall–Kier alpha value is -2.63. The predicted molar refractivity (Wildman–Crippen MR) is 79.8 cm³/mol. The van der Waals surface area contributed by atoms with Crippen molar-refractivity contribution in [1.29, 1.82) is 0 Å². The van der Waals surface area contributed by atoms with Gasteiger partial charge in [0, 0.05) is 6.54 Å². The summed E-state index contributed by atoms with van der Waals surface area (Å²) in [5, 5.41) is 9.79. The topological polar surface area (TPSA) is 59.0 Å². The maximum absolute atomic E-state index is 13.7. The fourth-order valence-electron chi connectivity index (χ4n) is 1.81. The van der Waals surface area contributed by atoms with Crippen molar-refractivity contribution in [1.82, 2.24) is 15.1 Å². The Morgan fingerprint density at radius 3 is 3.00 bits per heavy atom. The number of hydrogen-bond acceptors (Lipinski definition) is 3. The summed E-state index contributed by atoms with van der Waals surface area (Å²) in [6.45, 7) is 5.69. The third-order valence-corrected chi connectivity index (χ3v) is 2.88. The van der Waals surface area contributed by atoms with Gasteiger partial charge < -0.3 is 10.6 Å². The van der Waals surface area contributed by atoms with Gasteiger partial charge in [-0.05, 0) is 19.1 Å². The number of nitrogens with zero attached hydrogens (tertiary/aromatic N) is 2. The van der Waals surface area contributed by atoms with E-state index in [9.17, 15) is 9.18 Å². The number of amides is 1. The average Bonchev–Trinajstić information content (AvgIpc) is 2.93. The van der Waals surface area contributed by atoms with Gasteiger partial charge in [-0.25, -0.2) is 9.07 Å². The molecule has 5 nitrogen and oxygen atoms in total. The number of aromatic nitrogens is 2. The number of carbonyl (C=O) groups excluding carboxylic acids is 1. The number of rotatable bonds is 6. The molecule has 0 saturated heterocycles. The average molecular weight is 288 g/mol. The maximum Gasteiger partial charge on any atom is 0.242 e. The van der Waals surface area contributed by atoms with Crippen molar-refractivity contribution in [3.05, 3.63) is 55.1 Å². The van der Waals surface area contributed by atoms with E-state index >= 15 is 0 Å². The number of nitrogens with one attached hydrogen (secondary N) is 2. The molecule has 0 bridgehead atoms. The molecule has 1 heterocycles. The van der Waals surface area contributed by atoms with Crippen LogP contribution in [-0.4, -0.2) is 28.3 Å². The van der Waals surface area contributed by atoms with Crippen molar-refractivity contribution < 1.29 is 9.18 Å². The first-order valence-corrected chi connectivity index (χ1v) is 6.56. The van der Waals surface area contributed by atoms with E-state index in [-0.39, 0.29) is 11.7 Å². The molecule has 0 aliphatic carbocycles. The van der Waals surface area contributed by atoms with Crippen molar-refractivity contribution >= 4 is 11.6 Å². The van der Waals surface area contributed by atoms with E-state index in [0.717, 1.165) is 0 Å². The minimum Gasteiger partial charge on any atom is -0.371 e. The summed E-state index contributed by atoms with van der Waals surface area (Å²) in [5.74, 6) is -0.502. The highest BCUT2D eigenvalue weighted by atomic mass is 19.1. The fraction of sp³-hybridized carbons (Fsp3) is 0.200. The highest BCUT2D eigenvalue weighted by Crippen LogP contribution is 2.15. The summed E-state index contributed by atoms with van der Waals surface area (Å²) in [6.07, 6.45) is 4.79. The zero-order valence-corrected chi connectivity index (χ0v) is 11.7. The van der Waals surface area contributed by atoms with Gasteiger partial charge in [-0.3, -0.25) is 4.79 Å². The van der Waals surface area contributed by atoms with Crippen LogP contribution in [0.5, 0.6) is 0 Å². The molecule has 1 amide bonds. The van der Waals surface area contributed by atoms with E-state index in [4.69, 9.17) is 0 Å². The number of anilines is 1. The monoisotopic (exact) mass is 288 g/mol. The van der Waals surface area contributed by atoms with Gasteiger partial charge in [-0.2, -0.15) is 5.10 Å². The fourth-order valence-corrected chi connectivity index (χ4v) is 1.81.